The van der Waals surface area contributed by atoms with Gasteiger partial charge in [0.25, 0.3) is 0 Å². The molecule has 0 saturated heterocycles. The molecular weight excluding hydrogens is 452 g/mol. The van der Waals surface area contributed by atoms with E-state index >= 15 is 0 Å². The van der Waals surface area contributed by atoms with Gasteiger partial charge in [-0.25, -0.2) is 4.79 Å². The van der Waals surface area contributed by atoms with Crippen LogP contribution in [0.3, 0.4) is 0 Å². The van der Waals surface area contributed by atoms with Crippen LogP contribution in [0.5, 0.6) is 0 Å². The molecule has 2 heteroatoms. The van der Waals surface area contributed by atoms with Gasteiger partial charge in [-0.1, -0.05) is 51.1 Å². The Morgan fingerprint density at radius 1 is 0.892 bits per heavy atom. The zero-order chi connectivity index (χ0) is 26.1. The lowest BCUT2D eigenvalue weighted by Crippen LogP contribution is -2.56. The van der Waals surface area contributed by atoms with Crippen LogP contribution in [-0.4, -0.2) is 13.1 Å². The SMILES string of the molecule is C=C(C)[C@@H]1CCC2CC[C@@]3(C)C4CC[C@@H]5C(CC=C(c6ccc(C(=O)OC)cc6)C5(C)C)[C@H]4CC[C@@H]3[C@H]21. The van der Waals surface area contributed by atoms with Crippen LogP contribution in [0, 0.1) is 58.2 Å². The Morgan fingerprint density at radius 2 is 1.59 bits per heavy atom. The lowest BCUT2D eigenvalue weighted by molar-refractivity contribution is -0.131. The average molecular weight is 501 g/mol. The summed E-state index contributed by atoms with van der Waals surface area (Å²) in [5, 5.41) is 0. The minimum Gasteiger partial charge on any atom is -0.465 e. The first kappa shape index (κ1) is 25.4. The smallest absolute Gasteiger partial charge is 0.337 e. The van der Waals surface area contributed by atoms with Gasteiger partial charge in [0.05, 0.1) is 12.7 Å². The fraction of sp³-hybridized carbons (Fsp3) is 0.686. The van der Waals surface area contributed by atoms with Crippen molar-refractivity contribution in [2.24, 2.45) is 58.2 Å². The van der Waals surface area contributed by atoms with E-state index in [9.17, 15) is 4.79 Å². The lowest BCUT2D eigenvalue weighted by atomic mass is 9.41. The van der Waals surface area contributed by atoms with Gasteiger partial charge in [0.1, 0.15) is 0 Å². The van der Waals surface area contributed by atoms with Gasteiger partial charge in [-0.15, -0.1) is 0 Å². The highest BCUT2D eigenvalue weighted by Gasteiger charge is 2.60. The monoisotopic (exact) mass is 500 g/mol. The molecule has 1 aromatic rings. The maximum atomic E-state index is 11.9. The summed E-state index contributed by atoms with van der Waals surface area (Å²) in [5.74, 6) is 6.70. The molecule has 4 fully saturated rings. The van der Waals surface area contributed by atoms with Gasteiger partial charge in [0.2, 0.25) is 0 Å². The second-order valence-corrected chi connectivity index (χ2v) is 14.4. The molecule has 9 atom stereocenters. The number of rotatable bonds is 3. The minimum absolute atomic E-state index is 0.159. The number of esters is 1. The standard InChI is InChI=1S/C35H48O2/c1-21(2)25-12-11-23-19-20-35(5)30-18-17-29-26(27(30)14-16-31(35)32(23)25)13-15-28(34(29,3)4)22-7-9-24(10-8-22)33(36)37-6/h7-10,15,23,25-27,29-32H,1,11-14,16-20H2,2-6H3/t23?,25-,26?,27+,29+,30?,31+,32+,35-/m0/s1. The number of hydrogen-bond donors (Lipinski definition) is 0. The summed E-state index contributed by atoms with van der Waals surface area (Å²) in [4.78, 5) is 11.9. The van der Waals surface area contributed by atoms with Crippen molar-refractivity contribution in [3.8, 4) is 0 Å². The lowest BCUT2D eigenvalue weighted by Gasteiger charge is -2.63. The maximum absolute atomic E-state index is 11.9. The Balaban J connectivity index is 1.26. The van der Waals surface area contributed by atoms with Crippen LogP contribution in [-0.2, 0) is 4.74 Å². The Kier molecular flexibility index (Phi) is 6.28. The third-order valence-electron chi connectivity index (χ3n) is 12.7. The molecule has 37 heavy (non-hydrogen) atoms. The second-order valence-electron chi connectivity index (χ2n) is 14.4. The van der Waals surface area contributed by atoms with E-state index in [2.05, 4.69) is 52.5 Å². The summed E-state index contributed by atoms with van der Waals surface area (Å²) in [5.41, 5.74) is 5.56. The summed E-state index contributed by atoms with van der Waals surface area (Å²) in [6.45, 7) is 14.5. The molecule has 2 nitrogen and oxygen atoms in total. The highest BCUT2D eigenvalue weighted by molar-refractivity contribution is 5.89. The van der Waals surface area contributed by atoms with Gasteiger partial charge in [-0.2, -0.15) is 0 Å². The zero-order valence-electron chi connectivity index (χ0n) is 23.9. The molecule has 5 aliphatic carbocycles. The van der Waals surface area contributed by atoms with Crippen molar-refractivity contribution in [1.29, 1.82) is 0 Å². The molecule has 0 radical (unpaired) electrons. The Morgan fingerprint density at radius 3 is 2.30 bits per heavy atom. The molecule has 0 bridgehead atoms. The number of carbonyl (C=O) groups is 1. The zero-order valence-corrected chi connectivity index (χ0v) is 23.9. The predicted molar refractivity (Wildman–Crippen MR) is 152 cm³/mol. The van der Waals surface area contributed by atoms with Crippen LogP contribution in [0.2, 0.25) is 0 Å². The summed E-state index contributed by atoms with van der Waals surface area (Å²) < 4.78 is 4.91. The molecule has 1 aromatic carbocycles. The number of hydrogen-bond acceptors (Lipinski definition) is 2. The first-order valence-electron chi connectivity index (χ1n) is 15.2. The molecule has 0 heterocycles. The predicted octanol–water partition coefficient (Wildman–Crippen LogP) is 8.97. The summed E-state index contributed by atoms with van der Waals surface area (Å²) in [6.07, 6.45) is 15.3. The number of methoxy groups -OCH3 is 1. The van der Waals surface area contributed by atoms with Crippen molar-refractivity contribution in [1.82, 2.24) is 0 Å². The number of benzene rings is 1. The van der Waals surface area contributed by atoms with E-state index in [1.807, 2.05) is 12.1 Å². The highest BCUT2D eigenvalue weighted by Crippen LogP contribution is 2.69. The molecule has 200 valence electrons. The Labute approximate surface area is 225 Å². The van der Waals surface area contributed by atoms with Crippen molar-refractivity contribution in [2.75, 3.05) is 7.11 Å². The molecule has 4 saturated carbocycles. The summed E-state index contributed by atoms with van der Waals surface area (Å²) in [7, 11) is 1.45. The Bertz CT molecular complexity index is 1090. The fourth-order valence-electron chi connectivity index (χ4n) is 11.1. The van der Waals surface area contributed by atoms with E-state index in [1.165, 1.54) is 81.6 Å². The van der Waals surface area contributed by atoms with Crippen LogP contribution >= 0.6 is 0 Å². The van der Waals surface area contributed by atoms with E-state index in [0.717, 1.165) is 47.3 Å². The number of allylic oxidation sites excluding steroid dienone is 3. The van der Waals surface area contributed by atoms with E-state index < -0.39 is 0 Å². The van der Waals surface area contributed by atoms with Gasteiger partial charge < -0.3 is 4.74 Å². The van der Waals surface area contributed by atoms with E-state index in [0.29, 0.717) is 11.0 Å². The van der Waals surface area contributed by atoms with Gasteiger partial charge in [0, 0.05) is 0 Å². The van der Waals surface area contributed by atoms with Crippen LogP contribution in [0.4, 0.5) is 0 Å². The van der Waals surface area contributed by atoms with Gasteiger partial charge in [-0.05, 0) is 146 Å². The first-order valence-corrected chi connectivity index (χ1v) is 15.2. The second kappa shape index (κ2) is 9.13. The van der Waals surface area contributed by atoms with Crippen molar-refractivity contribution in [3.63, 3.8) is 0 Å². The van der Waals surface area contributed by atoms with Crippen molar-refractivity contribution >= 4 is 11.5 Å². The molecule has 0 aliphatic heterocycles. The highest BCUT2D eigenvalue weighted by atomic mass is 16.5. The van der Waals surface area contributed by atoms with Crippen molar-refractivity contribution < 1.29 is 9.53 Å². The molecule has 0 spiro atoms. The Hall–Kier alpha value is -1.83. The minimum atomic E-state index is -0.257. The van der Waals surface area contributed by atoms with E-state index in [-0.39, 0.29) is 11.4 Å². The normalized spacial score (nSPS) is 41.9. The molecule has 0 aromatic heterocycles. The fourth-order valence-corrected chi connectivity index (χ4v) is 11.1. The molecular formula is C35H48O2. The van der Waals surface area contributed by atoms with Gasteiger partial charge in [-0.3, -0.25) is 0 Å². The van der Waals surface area contributed by atoms with Crippen LogP contribution in [0.1, 0.15) is 101 Å². The topological polar surface area (TPSA) is 26.3 Å². The molecule has 3 unspecified atom stereocenters. The first-order chi connectivity index (χ1) is 17.7. The molecule has 0 N–H and O–H groups in total. The average Bonchev–Trinajstić information content (AvgIpc) is 3.32. The van der Waals surface area contributed by atoms with E-state index in [1.54, 1.807) is 0 Å². The van der Waals surface area contributed by atoms with Crippen LogP contribution in [0.25, 0.3) is 5.57 Å². The largest absolute Gasteiger partial charge is 0.465 e. The third kappa shape index (κ3) is 3.82. The summed E-state index contributed by atoms with van der Waals surface area (Å²) in [6, 6.07) is 8.13. The number of carbonyl (C=O) groups excluding carboxylic acids is 1. The van der Waals surface area contributed by atoms with Crippen molar-refractivity contribution in [2.45, 2.75) is 85.5 Å². The van der Waals surface area contributed by atoms with Gasteiger partial charge in [0.15, 0.2) is 0 Å². The molecule has 6 rings (SSSR count). The number of ether oxygens (including phenoxy) is 1. The third-order valence-corrected chi connectivity index (χ3v) is 12.7. The van der Waals surface area contributed by atoms with E-state index in [4.69, 9.17) is 4.74 Å². The van der Waals surface area contributed by atoms with Gasteiger partial charge >= 0.3 is 5.97 Å². The maximum Gasteiger partial charge on any atom is 0.337 e. The van der Waals surface area contributed by atoms with Crippen LogP contribution in [0.15, 0.2) is 42.5 Å². The quantitative estimate of drug-likeness (QED) is 0.306. The molecule has 5 aliphatic rings. The summed E-state index contributed by atoms with van der Waals surface area (Å²) >= 11 is 0. The van der Waals surface area contributed by atoms with Crippen molar-refractivity contribution in [3.05, 3.63) is 53.6 Å². The molecule has 0 amide bonds. The number of fused-ring (bicyclic) bond motifs is 7. The van der Waals surface area contributed by atoms with Crippen LogP contribution < -0.4 is 0 Å².